The monoisotopic (exact) mass is 570 g/mol. The van der Waals surface area contributed by atoms with Crippen LogP contribution in [0.1, 0.15) is 32.3 Å². The number of ether oxygens (including phenoxy) is 1. The SMILES string of the molecule is CC(=O)Nc1nc2c(Oc3cc(-c4ccc(C(F)(F)F)cc4NC(=O)[C@@H]4CC[C@@H](C)N4C)ncn3)cccc2s1. The van der Waals surface area contributed by atoms with E-state index in [1.54, 1.807) is 12.1 Å². The first-order valence-electron chi connectivity index (χ1n) is 12.4. The highest BCUT2D eigenvalue weighted by Gasteiger charge is 2.34. The molecule has 0 spiro atoms. The largest absolute Gasteiger partial charge is 0.437 e. The van der Waals surface area contributed by atoms with Crippen molar-refractivity contribution in [2.45, 2.75) is 44.9 Å². The summed E-state index contributed by atoms with van der Waals surface area (Å²) < 4.78 is 47.5. The molecule has 4 aromatic rings. The van der Waals surface area contributed by atoms with E-state index in [0.717, 1.165) is 23.3 Å². The molecule has 9 nitrogen and oxygen atoms in total. The number of likely N-dealkylation sites (N-methyl/N-ethyl adjacent to an activating group) is 1. The standard InChI is InChI=1S/C27H25F3N6O3S/c1-14-7-10-20(36(14)3)25(38)34-19-11-16(27(28,29)30)8-9-17(19)18-12-23(32-13-31-18)39-21-5-4-6-22-24(21)35-26(40-22)33-15(2)37/h4-6,8-9,11-14,20H,7,10H2,1-3H3,(H,34,38)(H,33,35,37)/t14-,20+/m1/s1. The lowest BCUT2D eigenvalue weighted by atomic mass is 10.0. The number of carbonyl (C=O) groups is 2. The fraction of sp³-hybridized carbons (Fsp3) is 0.296. The van der Waals surface area contributed by atoms with Gasteiger partial charge in [-0.05, 0) is 51.1 Å². The number of benzene rings is 2. The summed E-state index contributed by atoms with van der Waals surface area (Å²) in [5, 5.41) is 5.76. The summed E-state index contributed by atoms with van der Waals surface area (Å²) in [7, 11) is 1.82. The van der Waals surface area contributed by atoms with Crippen LogP contribution in [0.15, 0.2) is 48.8 Å². The molecule has 40 heavy (non-hydrogen) atoms. The second kappa shape index (κ2) is 10.8. The van der Waals surface area contributed by atoms with E-state index in [2.05, 4.69) is 25.6 Å². The highest BCUT2D eigenvalue weighted by molar-refractivity contribution is 7.22. The number of nitrogens with one attached hydrogen (secondary N) is 2. The predicted octanol–water partition coefficient (Wildman–Crippen LogP) is 5.94. The normalized spacial score (nSPS) is 17.6. The zero-order valence-electron chi connectivity index (χ0n) is 21.7. The van der Waals surface area contributed by atoms with Gasteiger partial charge in [-0.15, -0.1) is 0 Å². The number of likely N-dealkylation sites (tertiary alicyclic amines) is 1. The molecule has 0 unspecified atom stereocenters. The molecule has 5 rings (SSSR count). The number of hydrogen-bond donors (Lipinski definition) is 2. The molecule has 0 saturated carbocycles. The van der Waals surface area contributed by atoms with Crippen LogP contribution in [0.4, 0.5) is 24.0 Å². The van der Waals surface area contributed by atoms with E-state index in [9.17, 15) is 22.8 Å². The first-order valence-corrected chi connectivity index (χ1v) is 13.2. The van der Waals surface area contributed by atoms with Crippen LogP contribution in [0.5, 0.6) is 11.6 Å². The number of rotatable bonds is 6. The fourth-order valence-electron chi connectivity index (χ4n) is 4.56. The molecule has 1 aliphatic heterocycles. The van der Waals surface area contributed by atoms with Gasteiger partial charge >= 0.3 is 6.18 Å². The van der Waals surface area contributed by atoms with Crippen LogP contribution < -0.4 is 15.4 Å². The maximum absolute atomic E-state index is 13.6. The number of nitrogens with zero attached hydrogens (tertiary/aromatic N) is 4. The van der Waals surface area contributed by atoms with Crippen molar-refractivity contribution in [3.05, 3.63) is 54.4 Å². The van der Waals surface area contributed by atoms with Crippen LogP contribution in [-0.2, 0) is 15.8 Å². The van der Waals surface area contributed by atoms with Gasteiger partial charge < -0.3 is 15.4 Å². The van der Waals surface area contributed by atoms with Gasteiger partial charge in [0, 0.05) is 24.6 Å². The number of para-hydroxylation sites is 1. The second-order valence-corrected chi connectivity index (χ2v) is 10.5. The predicted molar refractivity (Wildman–Crippen MR) is 145 cm³/mol. The van der Waals surface area contributed by atoms with E-state index in [4.69, 9.17) is 4.74 Å². The smallest absolute Gasteiger partial charge is 0.416 e. The molecule has 2 amide bonds. The number of anilines is 2. The Kier molecular flexibility index (Phi) is 7.43. The van der Waals surface area contributed by atoms with Crippen molar-refractivity contribution in [1.82, 2.24) is 19.9 Å². The average Bonchev–Trinajstić information content (AvgIpc) is 3.46. The summed E-state index contributed by atoms with van der Waals surface area (Å²) in [6.45, 7) is 3.38. The molecule has 1 aliphatic rings. The van der Waals surface area contributed by atoms with Crippen LogP contribution in [-0.4, -0.2) is 50.8 Å². The second-order valence-electron chi connectivity index (χ2n) is 9.50. The Labute approximate surface area is 231 Å². The number of amides is 2. The third-order valence-electron chi connectivity index (χ3n) is 6.75. The third kappa shape index (κ3) is 5.75. The highest BCUT2D eigenvalue weighted by atomic mass is 32.1. The Balaban J connectivity index is 1.47. The molecule has 2 N–H and O–H groups in total. The quantitative estimate of drug-likeness (QED) is 0.295. The van der Waals surface area contributed by atoms with Gasteiger partial charge in [-0.1, -0.05) is 23.5 Å². The number of halogens is 3. The Morgan fingerprint density at radius 3 is 2.60 bits per heavy atom. The minimum absolute atomic E-state index is 0.0148. The number of thiazole rings is 1. The Bertz CT molecular complexity index is 1590. The van der Waals surface area contributed by atoms with Crippen molar-refractivity contribution in [1.29, 1.82) is 0 Å². The van der Waals surface area contributed by atoms with Crippen molar-refractivity contribution in [3.63, 3.8) is 0 Å². The van der Waals surface area contributed by atoms with Gasteiger partial charge in [-0.2, -0.15) is 13.2 Å². The van der Waals surface area contributed by atoms with Crippen LogP contribution in [0.25, 0.3) is 21.5 Å². The molecule has 2 aromatic heterocycles. The van der Waals surface area contributed by atoms with Crippen molar-refractivity contribution in [2.75, 3.05) is 17.7 Å². The van der Waals surface area contributed by atoms with E-state index in [0.29, 0.717) is 22.8 Å². The summed E-state index contributed by atoms with van der Waals surface area (Å²) in [6, 6.07) is 9.61. The van der Waals surface area contributed by atoms with Crippen LogP contribution in [0.3, 0.4) is 0 Å². The zero-order chi connectivity index (χ0) is 28.6. The summed E-state index contributed by atoms with van der Waals surface area (Å²) in [5.74, 6) is -0.152. The molecule has 13 heteroatoms. The lowest BCUT2D eigenvalue weighted by molar-refractivity contribution is -0.137. The first kappa shape index (κ1) is 27.5. The lowest BCUT2D eigenvalue weighted by Gasteiger charge is -2.23. The van der Waals surface area contributed by atoms with E-state index >= 15 is 0 Å². The van der Waals surface area contributed by atoms with Crippen LogP contribution in [0.2, 0.25) is 0 Å². The molecule has 0 aliphatic carbocycles. The number of aromatic nitrogens is 3. The van der Waals surface area contributed by atoms with Gasteiger partial charge in [0.25, 0.3) is 0 Å². The van der Waals surface area contributed by atoms with E-state index in [-0.39, 0.29) is 40.7 Å². The highest BCUT2D eigenvalue weighted by Crippen LogP contribution is 2.38. The number of fused-ring (bicyclic) bond motifs is 1. The van der Waals surface area contributed by atoms with Gasteiger partial charge in [-0.3, -0.25) is 14.5 Å². The van der Waals surface area contributed by atoms with E-state index < -0.39 is 17.8 Å². The van der Waals surface area contributed by atoms with Gasteiger partial charge in [0.15, 0.2) is 10.9 Å². The molecule has 2 aromatic carbocycles. The summed E-state index contributed by atoms with van der Waals surface area (Å²) in [5.41, 5.74) is 0.136. The summed E-state index contributed by atoms with van der Waals surface area (Å²) in [4.78, 5) is 39.2. The number of alkyl halides is 3. The molecular weight excluding hydrogens is 545 g/mol. The van der Waals surface area contributed by atoms with Crippen molar-refractivity contribution in [2.24, 2.45) is 0 Å². The summed E-state index contributed by atoms with van der Waals surface area (Å²) in [6.07, 6.45) is -1.95. The molecule has 1 saturated heterocycles. The Morgan fingerprint density at radius 2 is 1.90 bits per heavy atom. The molecule has 2 atom stereocenters. The molecule has 3 heterocycles. The Hall–Kier alpha value is -4.10. The van der Waals surface area contributed by atoms with Gasteiger partial charge in [0.2, 0.25) is 17.7 Å². The average molecular weight is 571 g/mol. The van der Waals surface area contributed by atoms with Gasteiger partial charge in [0.05, 0.1) is 27.7 Å². The van der Waals surface area contributed by atoms with Crippen LogP contribution in [0, 0.1) is 0 Å². The van der Waals surface area contributed by atoms with E-state index in [1.165, 1.54) is 36.7 Å². The van der Waals surface area contributed by atoms with Crippen molar-refractivity contribution < 1.29 is 27.5 Å². The maximum Gasteiger partial charge on any atom is 0.416 e. The molecular formula is C27H25F3N6O3S. The van der Waals surface area contributed by atoms with Crippen LogP contribution >= 0.6 is 11.3 Å². The van der Waals surface area contributed by atoms with Crippen molar-refractivity contribution in [3.8, 4) is 22.9 Å². The topological polar surface area (TPSA) is 109 Å². The molecule has 0 radical (unpaired) electrons. The van der Waals surface area contributed by atoms with E-state index in [1.807, 2.05) is 24.9 Å². The molecule has 208 valence electrons. The molecule has 1 fully saturated rings. The fourth-order valence-corrected chi connectivity index (χ4v) is 5.49. The molecule has 0 bridgehead atoms. The number of carbonyl (C=O) groups excluding carboxylic acids is 2. The van der Waals surface area contributed by atoms with Gasteiger partial charge in [0.1, 0.15) is 11.8 Å². The minimum atomic E-state index is -4.60. The number of hydrogen-bond acceptors (Lipinski definition) is 8. The van der Waals surface area contributed by atoms with Crippen molar-refractivity contribution >= 4 is 44.2 Å². The lowest BCUT2D eigenvalue weighted by Crippen LogP contribution is -2.39. The zero-order valence-corrected chi connectivity index (χ0v) is 22.6. The van der Waals surface area contributed by atoms with Gasteiger partial charge in [-0.25, -0.2) is 15.0 Å². The Morgan fingerprint density at radius 1 is 1.10 bits per heavy atom. The minimum Gasteiger partial charge on any atom is -0.437 e. The first-order chi connectivity index (χ1) is 19.0. The maximum atomic E-state index is 13.6. The summed E-state index contributed by atoms with van der Waals surface area (Å²) >= 11 is 1.28. The third-order valence-corrected chi connectivity index (χ3v) is 7.69.